The maximum absolute atomic E-state index is 13.4. The van der Waals surface area contributed by atoms with Crippen LogP contribution in [-0.2, 0) is 6.54 Å². The molecule has 2 aromatic carbocycles. The van der Waals surface area contributed by atoms with Gasteiger partial charge in [-0.2, -0.15) is 4.39 Å². The molecule has 0 fully saturated rings. The van der Waals surface area contributed by atoms with Crippen molar-refractivity contribution in [2.24, 2.45) is 0 Å². The van der Waals surface area contributed by atoms with Gasteiger partial charge in [0.05, 0.1) is 12.9 Å². The normalized spacial score (nSPS) is 10.7. The third-order valence-electron chi connectivity index (χ3n) is 4.37. The highest BCUT2D eigenvalue weighted by molar-refractivity contribution is 6.05. The molecule has 2 heterocycles. The van der Waals surface area contributed by atoms with E-state index in [4.69, 9.17) is 0 Å². The first-order chi connectivity index (χ1) is 14.1. The van der Waals surface area contributed by atoms with Gasteiger partial charge >= 0.3 is 0 Å². The average molecular weight is 390 g/mol. The summed E-state index contributed by atoms with van der Waals surface area (Å²) in [6, 6.07) is 18.0. The maximum Gasteiger partial charge on any atom is 0.257 e. The first-order valence-electron chi connectivity index (χ1n) is 8.88. The van der Waals surface area contributed by atoms with Crippen molar-refractivity contribution in [1.29, 1.82) is 0 Å². The first-order valence-corrected chi connectivity index (χ1v) is 8.88. The second-order valence-electron chi connectivity index (χ2n) is 6.38. The lowest BCUT2D eigenvalue weighted by atomic mass is 10.1. The molecule has 0 aliphatic carbocycles. The van der Waals surface area contributed by atoms with Crippen molar-refractivity contribution in [1.82, 2.24) is 14.5 Å². The lowest BCUT2D eigenvalue weighted by Gasteiger charge is -2.12. The Hall–Kier alpha value is -3.87. The molecule has 0 spiro atoms. The van der Waals surface area contributed by atoms with Gasteiger partial charge in [-0.15, -0.1) is 0 Å². The van der Waals surface area contributed by atoms with Crippen LogP contribution in [0.3, 0.4) is 0 Å². The van der Waals surface area contributed by atoms with Crippen molar-refractivity contribution < 1.29 is 13.6 Å². The van der Waals surface area contributed by atoms with E-state index in [-0.39, 0.29) is 11.4 Å². The largest absolute Gasteiger partial charge is 0.312 e. The second-order valence-corrected chi connectivity index (χ2v) is 6.38. The lowest BCUT2D eigenvalue weighted by molar-refractivity contribution is 0.102. The Morgan fingerprint density at radius 1 is 0.966 bits per heavy atom. The Morgan fingerprint density at radius 2 is 1.72 bits per heavy atom. The molecule has 0 atom stereocenters. The summed E-state index contributed by atoms with van der Waals surface area (Å²) in [4.78, 5) is 20.6. The minimum absolute atomic E-state index is 0.134. The van der Waals surface area contributed by atoms with Crippen LogP contribution in [0.25, 0.3) is 11.3 Å². The molecule has 1 N–H and O–H groups in total. The van der Waals surface area contributed by atoms with E-state index in [2.05, 4.69) is 15.3 Å². The van der Waals surface area contributed by atoms with Gasteiger partial charge in [-0.3, -0.25) is 4.79 Å². The highest BCUT2D eigenvalue weighted by Crippen LogP contribution is 2.28. The molecule has 7 heteroatoms. The standard InChI is InChI=1S/C22H16F2N4O/c23-18-8-6-16(7-9-18)20-21(27-22(29)17-10-11-25-19(24)12-17)28(14-26-20)13-15-4-2-1-3-5-15/h1-12,14H,13H2,(H,27,29). The quantitative estimate of drug-likeness (QED) is 0.510. The molecule has 4 aromatic rings. The minimum Gasteiger partial charge on any atom is -0.312 e. The number of aromatic nitrogens is 3. The van der Waals surface area contributed by atoms with E-state index in [0.717, 1.165) is 11.6 Å². The Kier molecular flexibility index (Phi) is 5.11. The fourth-order valence-corrected chi connectivity index (χ4v) is 2.96. The van der Waals surface area contributed by atoms with E-state index >= 15 is 0 Å². The smallest absolute Gasteiger partial charge is 0.257 e. The summed E-state index contributed by atoms with van der Waals surface area (Å²) in [5.74, 6) is -1.17. The Bertz CT molecular complexity index is 1140. The highest BCUT2D eigenvalue weighted by atomic mass is 19.1. The monoisotopic (exact) mass is 390 g/mol. The van der Waals surface area contributed by atoms with E-state index in [1.165, 1.54) is 24.4 Å². The molecule has 0 unspecified atom stereocenters. The van der Waals surface area contributed by atoms with E-state index in [1.807, 2.05) is 30.3 Å². The maximum atomic E-state index is 13.4. The van der Waals surface area contributed by atoms with Crippen molar-refractivity contribution in [3.05, 3.63) is 102 Å². The number of carbonyl (C=O) groups is 1. The van der Waals surface area contributed by atoms with Gasteiger partial charge in [-0.1, -0.05) is 30.3 Å². The summed E-state index contributed by atoms with van der Waals surface area (Å²) in [5, 5.41) is 2.81. The van der Waals surface area contributed by atoms with Gasteiger partial charge in [-0.25, -0.2) is 14.4 Å². The van der Waals surface area contributed by atoms with Crippen molar-refractivity contribution in [2.45, 2.75) is 6.54 Å². The number of anilines is 1. The third-order valence-corrected chi connectivity index (χ3v) is 4.37. The van der Waals surface area contributed by atoms with Crippen molar-refractivity contribution >= 4 is 11.7 Å². The number of amides is 1. The van der Waals surface area contributed by atoms with E-state index in [9.17, 15) is 13.6 Å². The number of nitrogens with zero attached hydrogens (tertiary/aromatic N) is 3. The molecular formula is C22H16F2N4O. The molecular weight excluding hydrogens is 374 g/mol. The summed E-state index contributed by atoms with van der Waals surface area (Å²) in [6.07, 6.45) is 2.83. The number of rotatable bonds is 5. The van der Waals surface area contributed by atoms with Crippen LogP contribution < -0.4 is 5.32 Å². The van der Waals surface area contributed by atoms with Crippen LogP contribution in [0.1, 0.15) is 15.9 Å². The van der Waals surface area contributed by atoms with Gasteiger partial charge in [0, 0.05) is 23.4 Å². The molecule has 0 saturated carbocycles. The number of halogens is 2. The molecule has 144 valence electrons. The van der Waals surface area contributed by atoms with Gasteiger partial charge in [0.2, 0.25) is 5.95 Å². The predicted molar refractivity (Wildman–Crippen MR) is 105 cm³/mol. The van der Waals surface area contributed by atoms with E-state index in [0.29, 0.717) is 23.6 Å². The average Bonchev–Trinajstić information content (AvgIpc) is 3.11. The number of pyridine rings is 1. The number of imidazole rings is 1. The van der Waals surface area contributed by atoms with Gasteiger partial charge in [0.1, 0.15) is 17.3 Å². The molecule has 0 bridgehead atoms. The van der Waals surface area contributed by atoms with Crippen molar-refractivity contribution in [3.8, 4) is 11.3 Å². The number of hydrogen-bond donors (Lipinski definition) is 1. The van der Waals surface area contributed by atoms with Crippen LogP contribution in [0.5, 0.6) is 0 Å². The molecule has 4 rings (SSSR count). The summed E-state index contributed by atoms with van der Waals surface area (Å²) in [5.41, 5.74) is 2.29. The fraction of sp³-hybridized carbons (Fsp3) is 0.0455. The zero-order chi connectivity index (χ0) is 20.2. The van der Waals surface area contributed by atoms with Crippen LogP contribution >= 0.6 is 0 Å². The minimum atomic E-state index is -0.741. The van der Waals surface area contributed by atoms with E-state index < -0.39 is 11.9 Å². The Morgan fingerprint density at radius 3 is 2.45 bits per heavy atom. The van der Waals surface area contributed by atoms with Crippen LogP contribution in [0.15, 0.2) is 79.3 Å². The van der Waals surface area contributed by atoms with Gasteiger partial charge < -0.3 is 9.88 Å². The fourth-order valence-electron chi connectivity index (χ4n) is 2.96. The second kappa shape index (κ2) is 8.02. The Balaban J connectivity index is 1.72. The zero-order valence-electron chi connectivity index (χ0n) is 15.2. The predicted octanol–water partition coefficient (Wildman–Crippen LogP) is 4.52. The van der Waals surface area contributed by atoms with Crippen LogP contribution in [0.2, 0.25) is 0 Å². The molecule has 0 saturated heterocycles. The van der Waals surface area contributed by atoms with Crippen molar-refractivity contribution in [2.75, 3.05) is 5.32 Å². The van der Waals surface area contributed by atoms with E-state index in [1.54, 1.807) is 23.0 Å². The first kappa shape index (κ1) is 18.5. The molecule has 1 amide bonds. The Labute approximate surface area is 165 Å². The van der Waals surface area contributed by atoms with Gasteiger partial charge in [-0.05, 0) is 35.9 Å². The number of carbonyl (C=O) groups excluding carboxylic acids is 1. The zero-order valence-corrected chi connectivity index (χ0v) is 15.2. The number of hydrogen-bond acceptors (Lipinski definition) is 3. The summed E-state index contributed by atoms with van der Waals surface area (Å²) < 4.78 is 28.5. The number of nitrogens with one attached hydrogen (secondary N) is 1. The van der Waals surface area contributed by atoms with Crippen molar-refractivity contribution in [3.63, 3.8) is 0 Å². The van der Waals surface area contributed by atoms with Crippen LogP contribution in [-0.4, -0.2) is 20.4 Å². The third kappa shape index (κ3) is 4.19. The summed E-state index contributed by atoms with van der Waals surface area (Å²) in [6.45, 7) is 0.468. The summed E-state index contributed by atoms with van der Waals surface area (Å²) >= 11 is 0. The number of benzene rings is 2. The molecule has 0 radical (unpaired) electrons. The molecule has 0 aliphatic rings. The van der Waals surface area contributed by atoms with Gasteiger partial charge in [0.15, 0.2) is 0 Å². The van der Waals surface area contributed by atoms with Gasteiger partial charge in [0.25, 0.3) is 5.91 Å². The van der Waals surface area contributed by atoms with Crippen LogP contribution in [0.4, 0.5) is 14.6 Å². The molecule has 29 heavy (non-hydrogen) atoms. The molecule has 2 aromatic heterocycles. The highest BCUT2D eigenvalue weighted by Gasteiger charge is 2.17. The molecule has 0 aliphatic heterocycles. The molecule has 5 nitrogen and oxygen atoms in total. The topological polar surface area (TPSA) is 59.8 Å². The SMILES string of the molecule is O=C(Nc1c(-c2ccc(F)cc2)ncn1Cc1ccccc1)c1ccnc(F)c1. The van der Waals surface area contributed by atoms with Crippen LogP contribution in [0, 0.1) is 11.8 Å². The summed E-state index contributed by atoms with van der Waals surface area (Å²) in [7, 11) is 0. The lowest BCUT2D eigenvalue weighted by Crippen LogP contribution is -2.16.